The van der Waals surface area contributed by atoms with Gasteiger partial charge in [-0.3, -0.25) is 9.59 Å². The van der Waals surface area contributed by atoms with Crippen molar-refractivity contribution in [3.05, 3.63) is 16.0 Å². The summed E-state index contributed by atoms with van der Waals surface area (Å²) in [5, 5.41) is 2.54. The molecule has 120 valence electrons. The monoisotopic (exact) mass is 329 g/mol. The maximum Gasteiger partial charge on any atom is 0.348 e. The second kappa shape index (κ2) is 7.55. The second-order valence-corrected chi connectivity index (χ2v) is 5.09. The van der Waals surface area contributed by atoms with E-state index in [1.165, 1.54) is 21.1 Å². The van der Waals surface area contributed by atoms with Crippen molar-refractivity contribution in [2.24, 2.45) is 0 Å². The maximum absolute atomic E-state index is 11.8. The number of thiophene rings is 1. The highest BCUT2D eigenvalue weighted by Crippen LogP contribution is 2.34. The first-order chi connectivity index (χ1) is 10.3. The van der Waals surface area contributed by atoms with E-state index in [1.54, 1.807) is 0 Å². The molecule has 1 heterocycles. The van der Waals surface area contributed by atoms with Crippen molar-refractivity contribution >= 4 is 40.2 Å². The first-order valence-corrected chi connectivity index (χ1v) is 6.86. The van der Waals surface area contributed by atoms with Crippen LogP contribution in [0.1, 0.15) is 32.5 Å². The molecule has 1 aromatic rings. The molecule has 0 fully saturated rings. The van der Waals surface area contributed by atoms with Gasteiger partial charge in [0.2, 0.25) is 0 Å². The number of methoxy groups -OCH3 is 2. The minimum atomic E-state index is -0.702. The molecule has 0 saturated carbocycles. The van der Waals surface area contributed by atoms with Crippen LogP contribution in [0.4, 0.5) is 5.00 Å². The van der Waals surface area contributed by atoms with Crippen molar-refractivity contribution in [2.75, 3.05) is 26.1 Å². The van der Waals surface area contributed by atoms with E-state index in [0.29, 0.717) is 5.56 Å². The third kappa shape index (κ3) is 4.04. The number of ether oxygens (including phenoxy) is 3. The van der Waals surface area contributed by atoms with Gasteiger partial charge < -0.3 is 19.5 Å². The van der Waals surface area contributed by atoms with Crippen LogP contribution in [0.2, 0.25) is 0 Å². The van der Waals surface area contributed by atoms with Gasteiger partial charge in [-0.1, -0.05) is 0 Å². The van der Waals surface area contributed by atoms with E-state index >= 15 is 0 Å². The van der Waals surface area contributed by atoms with E-state index in [0.717, 1.165) is 18.3 Å². The topological polar surface area (TPSA) is 108 Å². The summed E-state index contributed by atoms with van der Waals surface area (Å²) in [4.78, 5) is 46.0. The van der Waals surface area contributed by atoms with Gasteiger partial charge in [0.1, 0.15) is 9.88 Å². The Hall–Kier alpha value is -2.42. The molecule has 0 saturated heterocycles. The van der Waals surface area contributed by atoms with Crippen LogP contribution >= 0.6 is 11.3 Å². The number of amides is 1. The number of carbonyl (C=O) groups excluding carboxylic acids is 4. The highest BCUT2D eigenvalue weighted by atomic mass is 32.1. The van der Waals surface area contributed by atoms with Crippen molar-refractivity contribution in [1.29, 1.82) is 0 Å². The van der Waals surface area contributed by atoms with Crippen molar-refractivity contribution in [3.63, 3.8) is 0 Å². The average Bonchev–Trinajstić information content (AvgIpc) is 2.80. The lowest BCUT2D eigenvalue weighted by molar-refractivity contribution is -0.144. The fraction of sp³-hybridized carbons (Fsp3) is 0.385. The molecule has 1 amide bonds. The van der Waals surface area contributed by atoms with Crippen LogP contribution in [0.3, 0.4) is 0 Å². The molecule has 0 unspecified atom stereocenters. The van der Waals surface area contributed by atoms with E-state index in [-0.39, 0.29) is 15.4 Å². The van der Waals surface area contributed by atoms with Crippen LogP contribution in [0, 0.1) is 6.92 Å². The number of nitrogens with one attached hydrogen (secondary N) is 1. The normalized spacial score (nSPS) is 9.82. The van der Waals surface area contributed by atoms with E-state index in [9.17, 15) is 19.2 Å². The van der Waals surface area contributed by atoms with Crippen LogP contribution in [0.15, 0.2) is 0 Å². The SMILES string of the molecule is COC(=O)c1sc(NC(=O)COC(C)=O)c(C(=O)OC)c1C. The fourth-order valence-corrected chi connectivity index (χ4v) is 2.70. The third-order valence-electron chi connectivity index (χ3n) is 2.57. The van der Waals surface area contributed by atoms with Gasteiger partial charge in [-0.2, -0.15) is 0 Å². The quantitative estimate of drug-likeness (QED) is 0.637. The maximum atomic E-state index is 11.8. The fourth-order valence-electron chi connectivity index (χ4n) is 1.57. The van der Waals surface area contributed by atoms with E-state index in [1.807, 2.05) is 0 Å². The van der Waals surface area contributed by atoms with Crippen LogP contribution in [-0.4, -0.2) is 44.6 Å². The van der Waals surface area contributed by atoms with Crippen molar-refractivity contribution in [1.82, 2.24) is 0 Å². The summed E-state index contributed by atoms with van der Waals surface area (Å²) in [5.74, 6) is -2.58. The largest absolute Gasteiger partial charge is 0.465 e. The van der Waals surface area contributed by atoms with E-state index in [2.05, 4.69) is 19.5 Å². The van der Waals surface area contributed by atoms with Gasteiger partial charge in [0.25, 0.3) is 5.91 Å². The molecule has 0 aromatic carbocycles. The smallest absolute Gasteiger partial charge is 0.348 e. The second-order valence-electron chi connectivity index (χ2n) is 4.07. The molecule has 9 heteroatoms. The number of hydrogen-bond donors (Lipinski definition) is 1. The Morgan fingerprint density at radius 3 is 2.18 bits per heavy atom. The first kappa shape index (κ1) is 17.6. The van der Waals surface area contributed by atoms with Crippen LogP contribution < -0.4 is 5.32 Å². The molecule has 0 bridgehead atoms. The molecule has 0 aliphatic carbocycles. The lowest BCUT2D eigenvalue weighted by Gasteiger charge is -2.06. The summed E-state index contributed by atoms with van der Waals surface area (Å²) in [6.45, 7) is 2.20. The molecule has 8 nitrogen and oxygen atoms in total. The predicted molar refractivity (Wildman–Crippen MR) is 77.0 cm³/mol. The zero-order chi connectivity index (χ0) is 16.9. The molecule has 0 atom stereocenters. The Morgan fingerprint density at radius 1 is 1.09 bits per heavy atom. The van der Waals surface area contributed by atoms with Gasteiger partial charge >= 0.3 is 17.9 Å². The summed E-state index contributed by atoms with van der Waals surface area (Å²) in [7, 11) is 2.39. The van der Waals surface area contributed by atoms with Crippen molar-refractivity contribution < 1.29 is 33.4 Å². The molecule has 0 aliphatic heterocycles. The molecular weight excluding hydrogens is 314 g/mol. The predicted octanol–water partition coefficient (Wildman–Crippen LogP) is 1.13. The molecule has 22 heavy (non-hydrogen) atoms. The number of hydrogen-bond acceptors (Lipinski definition) is 8. The number of rotatable bonds is 5. The molecule has 1 N–H and O–H groups in total. The van der Waals surface area contributed by atoms with Gasteiger partial charge in [-0.25, -0.2) is 9.59 Å². The third-order valence-corrected chi connectivity index (χ3v) is 3.75. The number of esters is 3. The lowest BCUT2D eigenvalue weighted by Crippen LogP contribution is -2.20. The van der Waals surface area contributed by atoms with Gasteiger partial charge in [-0.05, 0) is 12.5 Å². The van der Waals surface area contributed by atoms with Crippen LogP contribution in [0.25, 0.3) is 0 Å². The Bertz CT molecular complexity index is 620. The van der Waals surface area contributed by atoms with Crippen LogP contribution in [-0.2, 0) is 23.8 Å². The zero-order valence-corrected chi connectivity index (χ0v) is 13.3. The average molecular weight is 329 g/mol. The molecular formula is C13H15NO7S. The molecule has 1 rings (SSSR count). The van der Waals surface area contributed by atoms with Gasteiger partial charge in [0.15, 0.2) is 6.61 Å². The first-order valence-electron chi connectivity index (χ1n) is 6.05. The highest BCUT2D eigenvalue weighted by Gasteiger charge is 2.26. The minimum Gasteiger partial charge on any atom is -0.465 e. The van der Waals surface area contributed by atoms with Crippen molar-refractivity contribution in [3.8, 4) is 0 Å². The summed E-state index contributed by atoms with van der Waals surface area (Å²) in [6.07, 6.45) is 0. The molecule has 1 aromatic heterocycles. The summed E-state index contributed by atoms with van der Waals surface area (Å²) < 4.78 is 13.8. The van der Waals surface area contributed by atoms with Gasteiger partial charge in [-0.15, -0.1) is 11.3 Å². The van der Waals surface area contributed by atoms with E-state index < -0.39 is 30.4 Å². The minimum absolute atomic E-state index is 0.0593. The lowest BCUT2D eigenvalue weighted by atomic mass is 10.1. The van der Waals surface area contributed by atoms with Crippen molar-refractivity contribution in [2.45, 2.75) is 13.8 Å². The highest BCUT2D eigenvalue weighted by molar-refractivity contribution is 7.18. The summed E-state index contributed by atoms with van der Waals surface area (Å²) in [5.41, 5.74) is 0.399. The van der Waals surface area contributed by atoms with Gasteiger partial charge in [0, 0.05) is 6.92 Å². The number of carbonyl (C=O) groups is 4. The zero-order valence-electron chi connectivity index (χ0n) is 12.5. The Balaban J connectivity index is 3.11. The molecule has 0 spiro atoms. The summed E-state index contributed by atoms with van der Waals surface area (Å²) >= 11 is 0.877. The Kier molecular flexibility index (Phi) is 6.05. The Morgan fingerprint density at radius 2 is 1.68 bits per heavy atom. The van der Waals surface area contributed by atoms with Crippen LogP contribution in [0.5, 0.6) is 0 Å². The Labute approximate surface area is 130 Å². The standard InChI is InChI=1S/C13H15NO7S/c1-6-9(12(17)19-3)11(22-10(6)13(18)20-4)14-8(16)5-21-7(2)15/h5H2,1-4H3,(H,14,16). The molecule has 0 radical (unpaired) electrons. The number of anilines is 1. The summed E-state index contributed by atoms with van der Waals surface area (Å²) in [6, 6.07) is 0. The van der Waals surface area contributed by atoms with Gasteiger partial charge in [0.05, 0.1) is 19.8 Å². The molecule has 0 aliphatic rings. The van der Waals surface area contributed by atoms with E-state index in [4.69, 9.17) is 0 Å².